The Morgan fingerprint density at radius 3 is 1.72 bits per heavy atom. The average molecular weight is 519 g/mol. The van der Waals surface area contributed by atoms with E-state index < -0.39 is 45.3 Å². The smallest absolute Gasteiger partial charge is 0.247 e. The summed E-state index contributed by atoms with van der Waals surface area (Å²) in [7, 11) is 0. The lowest BCUT2D eigenvalue weighted by Crippen LogP contribution is -2.57. The van der Waals surface area contributed by atoms with Gasteiger partial charge in [-0.15, -0.1) is 23.2 Å². The summed E-state index contributed by atoms with van der Waals surface area (Å²) in [6, 6.07) is 19.7. The molecule has 0 spiro atoms. The molecule has 0 saturated carbocycles. The number of hydrogen-bond acceptors (Lipinski definition) is 3. The first-order valence-electron chi connectivity index (χ1n) is 11.9. The topological polar surface area (TPSA) is 66.5 Å². The standard InChI is InChI=1S/C29H24Cl2N2O3/c1-15-12-13-16(2)22(14-15)32-25(34)17(3)33-26(35)23-24(27(33)36)29(31)19-9-5-4-8-18(19)28(23,30)20-10-6-7-11-21(20)29/h4-14,17,23-24H,1-3H3,(H,32,34)/t17-,23+,24+,28?,29?/m0/s1. The molecule has 3 atom stereocenters. The second-order valence-electron chi connectivity index (χ2n) is 10.0. The van der Waals surface area contributed by atoms with Crippen molar-refractivity contribution in [2.45, 2.75) is 36.6 Å². The van der Waals surface area contributed by atoms with Gasteiger partial charge in [0.1, 0.15) is 15.8 Å². The Labute approximate surface area is 219 Å². The first-order valence-corrected chi connectivity index (χ1v) is 12.7. The first kappa shape index (κ1) is 23.3. The number of anilines is 1. The highest BCUT2D eigenvalue weighted by atomic mass is 35.5. The van der Waals surface area contributed by atoms with E-state index in [0.717, 1.165) is 38.3 Å². The molecule has 1 fully saturated rings. The van der Waals surface area contributed by atoms with Crippen LogP contribution in [0.15, 0.2) is 66.7 Å². The van der Waals surface area contributed by atoms with Crippen molar-refractivity contribution in [3.63, 3.8) is 0 Å². The van der Waals surface area contributed by atoms with Crippen LogP contribution in [-0.2, 0) is 24.1 Å². The molecule has 3 amide bonds. The Balaban J connectivity index is 1.45. The molecule has 1 heterocycles. The van der Waals surface area contributed by atoms with Gasteiger partial charge in [-0.2, -0.15) is 0 Å². The summed E-state index contributed by atoms with van der Waals surface area (Å²) in [6.45, 7) is 5.39. The van der Waals surface area contributed by atoms with Gasteiger partial charge >= 0.3 is 0 Å². The molecule has 0 unspecified atom stereocenters. The van der Waals surface area contributed by atoms with E-state index in [2.05, 4.69) is 5.32 Å². The van der Waals surface area contributed by atoms with Crippen molar-refractivity contribution in [2.24, 2.45) is 11.8 Å². The number of benzene rings is 3. The van der Waals surface area contributed by atoms with Crippen LogP contribution in [0.1, 0.15) is 40.3 Å². The molecule has 5 nitrogen and oxygen atoms in total. The van der Waals surface area contributed by atoms with Crippen LogP contribution in [0, 0.1) is 25.7 Å². The number of nitrogens with zero attached hydrogens (tertiary/aromatic N) is 1. The van der Waals surface area contributed by atoms with E-state index in [1.807, 2.05) is 80.6 Å². The van der Waals surface area contributed by atoms with E-state index >= 15 is 0 Å². The minimum absolute atomic E-state index is 0.446. The third kappa shape index (κ3) is 2.76. The van der Waals surface area contributed by atoms with Crippen molar-refractivity contribution in [2.75, 3.05) is 5.32 Å². The molecule has 7 heteroatoms. The minimum atomic E-state index is -1.26. The quantitative estimate of drug-likeness (QED) is 0.381. The summed E-state index contributed by atoms with van der Waals surface area (Å²) in [5.41, 5.74) is 5.45. The molecule has 182 valence electrons. The zero-order valence-corrected chi connectivity index (χ0v) is 21.5. The van der Waals surface area contributed by atoms with Gasteiger partial charge in [0.2, 0.25) is 17.7 Å². The predicted octanol–water partition coefficient (Wildman–Crippen LogP) is 5.22. The van der Waals surface area contributed by atoms with Crippen molar-refractivity contribution < 1.29 is 14.4 Å². The highest BCUT2D eigenvalue weighted by Gasteiger charge is 2.73. The number of rotatable bonds is 3. The number of alkyl halides is 2. The molecular weight excluding hydrogens is 495 g/mol. The summed E-state index contributed by atoms with van der Waals surface area (Å²) in [6.07, 6.45) is 0. The van der Waals surface area contributed by atoms with E-state index in [9.17, 15) is 14.4 Å². The van der Waals surface area contributed by atoms with E-state index in [1.54, 1.807) is 6.92 Å². The Hall–Kier alpha value is -3.15. The van der Waals surface area contributed by atoms with Crippen LogP contribution in [0.3, 0.4) is 0 Å². The van der Waals surface area contributed by atoms with Gasteiger partial charge in [-0.05, 0) is 60.2 Å². The molecule has 3 aromatic rings. The fraction of sp³-hybridized carbons (Fsp3) is 0.276. The largest absolute Gasteiger partial charge is 0.324 e. The highest BCUT2D eigenvalue weighted by molar-refractivity contribution is 6.36. The second-order valence-corrected chi connectivity index (χ2v) is 11.2. The van der Waals surface area contributed by atoms with E-state index in [-0.39, 0.29) is 0 Å². The molecule has 1 saturated heterocycles. The second kappa shape index (κ2) is 7.67. The number of carbonyl (C=O) groups is 3. The molecule has 36 heavy (non-hydrogen) atoms. The maximum atomic E-state index is 14.0. The Morgan fingerprint density at radius 2 is 1.28 bits per heavy atom. The number of amides is 3. The van der Waals surface area contributed by atoms with Crippen molar-refractivity contribution in [3.05, 3.63) is 100 Å². The van der Waals surface area contributed by atoms with Crippen LogP contribution in [0.2, 0.25) is 0 Å². The van der Waals surface area contributed by atoms with E-state index in [0.29, 0.717) is 5.69 Å². The van der Waals surface area contributed by atoms with Crippen LogP contribution in [0.4, 0.5) is 5.69 Å². The summed E-state index contributed by atoms with van der Waals surface area (Å²) in [5.74, 6) is -3.25. The van der Waals surface area contributed by atoms with Gasteiger partial charge in [-0.1, -0.05) is 60.7 Å². The molecule has 2 bridgehead atoms. The number of halogens is 2. The molecule has 1 N–H and O–H groups in total. The summed E-state index contributed by atoms with van der Waals surface area (Å²) in [4.78, 5) is 39.9. The monoisotopic (exact) mass is 518 g/mol. The zero-order valence-electron chi connectivity index (χ0n) is 20.0. The number of nitrogens with one attached hydrogen (secondary N) is 1. The maximum Gasteiger partial charge on any atom is 0.247 e. The Kier molecular flexibility index (Phi) is 4.96. The lowest BCUT2D eigenvalue weighted by atomic mass is 9.54. The third-order valence-corrected chi connectivity index (χ3v) is 9.32. The number of imide groups is 1. The maximum absolute atomic E-state index is 14.0. The van der Waals surface area contributed by atoms with Crippen LogP contribution in [0.25, 0.3) is 0 Å². The number of hydrogen-bond donors (Lipinski definition) is 1. The highest BCUT2D eigenvalue weighted by Crippen LogP contribution is 2.69. The zero-order chi connectivity index (χ0) is 25.6. The van der Waals surface area contributed by atoms with Crippen molar-refractivity contribution in [1.82, 2.24) is 4.90 Å². The average Bonchev–Trinajstić information content (AvgIpc) is 3.15. The Morgan fingerprint density at radius 1 is 0.833 bits per heavy atom. The predicted molar refractivity (Wildman–Crippen MR) is 139 cm³/mol. The fourth-order valence-corrected chi connectivity index (χ4v) is 7.39. The third-order valence-electron chi connectivity index (χ3n) is 8.04. The molecule has 1 aliphatic heterocycles. The van der Waals surface area contributed by atoms with E-state index in [1.165, 1.54) is 0 Å². The molecule has 4 aliphatic rings. The van der Waals surface area contributed by atoms with Crippen molar-refractivity contribution >= 4 is 46.6 Å². The van der Waals surface area contributed by atoms with Crippen molar-refractivity contribution in [1.29, 1.82) is 0 Å². The normalized spacial score (nSPS) is 28.4. The molecule has 3 aliphatic carbocycles. The molecule has 3 aromatic carbocycles. The number of aryl methyl sites for hydroxylation is 2. The number of likely N-dealkylation sites (tertiary alicyclic amines) is 1. The van der Waals surface area contributed by atoms with Gasteiger partial charge in [0.15, 0.2) is 0 Å². The fourth-order valence-electron chi connectivity index (χ4n) is 6.30. The van der Waals surface area contributed by atoms with Crippen LogP contribution in [0.5, 0.6) is 0 Å². The van der Waals surface area contributed by atoms with Crippen molar-refractivity contribution in [3.8, 4) is 0 Å². The molecule has 7 rings (SSSR count). The van der Waals surface area contributed by atoms with Crippen LogP contribution in [-0.4, -0.2) is 28.7 Å². The summed E-state index contributed by atoms with van der Waals surface area (Å²) >= 11 is 14.9. The molecule has 0 radical (unpaired) electrons. The first-order chi connectivity index (χ1) is 17.1. The summed E-state index contributed by atoms with van der Waals surface area (Å²) in [5, 5.41) is 2.89. The van der Waals surface area contributed by atoms with Gasteiger partial charge in [-0.25, -0.2) is 0 Å². The molecular formula is C29H24Cl2N2O3. The van der Waals surface area contributed by atoms with Crippen LogP contribution < -0.4 is 5.32 Å². The van der Waals surface area contributed by atoms with Crippen LogP contribution >= 0.6 is 23.2 Å². The van der Waals surface area contributed by atoms with Gasteiger partial charge < -0.3 is 5.32 Å². The lowest BCUT2D eigenvalue weighted by molar-refractivity contribution is -0.146. The molecule has 0 aromatic heterocycles. The summed E-state index contributed by atoms with van der Waals surface area (Å²) < 4.78 is 0. The lowest BCUT2D eigenvalue weighted by Gasteiger charge is -2.54. The minimum Gasteiger partial charge on any atom is -0.324 e. The van der Waals surface area contributed by atoms with Gasteiger partial charge in [-0.3, -0.25) is 19.3 Å². The number of carbonyl (C=O) groups excluding carboxylic acids is 3. The van der Waals surface area contributed by atoms with Gasteiger partial charge in [0.05, 0.1) is 11.8 Å². The van der Waals surface area contributed by atoms with Gasteiger partial charge in [0.25, 0.3) is 0 Å². The van der Waals surface area contributed by atoms with E-state index in [4.69, 9.17) is 23.2 Å². The van der Waals surface area contributed by atoms with Gasteiger partial charge in [0, 0.05) is 5.69 Å². The Bertz CT molecular complexity index is 1360. The SMILES string of the molecule is Cc1ccc(C)c(NC(=O)[C@H](C)N2C(=O)[C@H]3[C@H](C2=O)C2(Cl)c4ccccc4C3(Cl)c3ccccc32)c1.